The molecule has 18 heavy (non-hydrogen) atoms. The second-order valence-corrected chi connectivity index (χ2v) is 4.05. The summed E-state index contributed by atoms with van der Waals surface area (Å²) < 4.78 is 26.6. The maximum Gasteiger partial charge on any atom is 0.305 e. The van der Waals surface area contributed by atoms with Crippen LogP contribution in [-0.2, 0) is 6.54 Å². The minimum absolute atomic E-state index is 0.106. The number of nitro benzene ring substituents is 1. The number of nitrogens with zero attached hydrogens (tertiary/aromatic N) is 1. The Labute approximate surface area is 104 Å². The summed E-state index contributed by atoms with van der Waals surface area (Å²) in [6.07, 6.45) is 1.75. The molecule has 0 amide bonds. The van der Waals surface area contributed by atoms with Crippen LogP contribution < -0.4 is 5.32 Å². The van der Waals surface area contributed by atoms with E-state index < -0.39 is 22.2 Å². The van der Waals surface area contributed by atoms with Crippen LogP contribution in [0.1, 0.15) is 32.3 Å². The molecule has 1 rings (SSSR count). The summed E-state index contributed by atoms with van der Waals surface area (Å²) in [5.41, 5.74) is -0.590. The van der Waals surface area contributed by atoms with Crippen molar-refractivity contribution in [3.8, 4) is 0 Å². The Bertz CT molecular complexity index is 434. The van der Waals surface area contributed by atoms with E-state index in [9.17, 15) is 18.9 Å². The summed E-state index contributed by atoms with van der Waals surface area (Å²) >= 11 is 0. The third kappa shape index (κ3) is 3.46. The van der Waals surface area contributed by atoms with Crippen molar-refractivity contribution >= 4 is 5.69 Å². The maximum atomic E-state index is 13.4. The molecule has 0 fully saturated rings. The SMILES string of the molecule is CCC(CC)NCc1cc([N+](=O)[O-])c(F)cc1F. The van der Waals surface area contributed by atoms with Gasteiger partial charge in [-0.15, -0.1) is 0 Å². The second-order valence-electron chi connectivity index (χ2n) is 4.05. The molecule has 1 aromatic rings. The summed E-state index contributed by atoms with van der Waals surface area (Å²) in [7, 11) is 0. The zero-order valence-electron chi connectivity index (χ0n) is 10.4. The van der Waals surface area contributed by atoms with Crippen LogP contribution in [0.4, 0.5) is 14.5 Å². The average Bonchev–Trinajstić information content (AvgIpc) is 2.32. The molecule has 0 unspecified atom stereocenters. The minimum atomic E-state index is -1.15. The van der Waals surface area contributed by atoms with E-state index in [4.69, 9.17) is 0 Å². The molecule has 0 saturated heterocycles. The highest BCUT2D eigenvalue weighted by atomic mass is 19.1. The topological polar surface area (TPSA) is 55.2 Å². The predicted octanol–water partition coefficient (Wildman–Crippen LogP) is 3.15. The van der Waals surface area contributed by atoms with E-state index in [1.165, 1.54) is 0 Å². The van der Waals surface area contributed by atoms with Gasteiger partial charge in [-0.3, -0.25) is 10.1 Å². The highest BCUT2D eigenvalue weighted by molar-refractivity contribution is 5.37. The molecular formula is C12H16F2N2O2. The van der Waals surface area contributed by atoms with Gasteiger partial charge >= 0.3 is 5.69 Å². The summed E-state index contributed by atoms with van der Waals surface area (Å²) in [5, 5.41) is 13.6. The third-order valence-electron chi connectivity index (χ3n) is 2.88. The minimum Gasteiger partial charge on any atom is -0.310 e. The lowest BCUT2D eigenvalue weighted by Crippen LogP contribution is -2.27. The van der Waals surface area contributed by atoms with Crippen molar-refractivity contribution in [3.05, 3.63) is 39.4 Å². The van der Waals surface area contributed by atoms with Gasteiger partial charge in [0.25, 0.3) is 0 Å². The van der Waals surface area contributed by atoms with Crippen LogP contribution in [0.5, 0.6) is 0 Å². The van der Waals surface area contributed by atoms with E-state index in [1.54, 1.807) is 0 Å². The van der Waals surface area contributed by atoms with E-state index in [-0.39, 0.29) is 18.2 Å². The number of benzene rings is 1. The largest absolute Gasteiger partial charge is 0.310 e. The fraction of sp³-hybridized carbons (Fsp3) is 0.500. The molecule has 0 aliphatic rings. The van der Waals surface area contributed by atoms with Crippen molar-refractivity contribution in [2.45, 2.75) is 39.3 Å². The summed E-state index contributed by atoms with van der Waals surface area (Å²) in [6.45, 7) is 4.13. The predicted molar refractivity (Wildman–Crippen MR) is 64.2 cm³/mol. The third-order valence-corrected chi connectivity index (χ3v) is 2.88. The number of hydrogen-bond acceptors (Lipinski definition) is 3. The fourth-order valence-corrected chi connectivity index (χ4v) is 1.69. The molecule has 0 spiro atoms. The lowest BCUT2D eigenvalue weighted by Gasteiger charge is -2.14. The van der Waals surface area contributed by atoms with Gasteiger partial charge in [-0.2, -0.15) is 4.39 Å². The highest BCUT2D eigenvalue weighted by Gasteiger charge is 2.18. The van der Waals surface area contributed by atoms with Crippen LogP contribution >= 0.6 is 0 Å². The molecule has 1 aromatic carbocycles. The van der Waals surface area contributed by atoms with E-state index in [0.717, 1.165) is 18.9 Å². The zero-order chi connectivity index (χ0) is 13.7. The standard InChI is InChI=1S/C12H16F2N2O2/c1-3-9(4-2)15-7-8-5-12(16(17)18)11(14)6-10(8)13/h5-6,9,15H,3-4,7H2,1-2H3. The lowest BCUT2D eigenvalue weighted by molar-refractivity contribution is -0.387. The van der Waals surface area contributed by atoms with E-state index in [2.05, 4.69) is 5.32 Å². The number of nitrogens with one attached hydrogen (secondary N) is 1. The van der Waals surface area contributed by atoms with Crippen molar-refractivity contribution in [1.29, 1.82) is 0 Å². The van der Waals surface area contributed by atoms with Gasteiger partial charge in [-0.1, -0.05) is 13.8 Å². The molecule has 0 radical (unpaired) electrons. The van der Waals surface area contributed by atoms with E-state index >= 15 is 0 Å². The van der Waals surface area contributed by atoms with Crippen molar-refractivity contribution in [2.24, 2.45) is 0 Å². The number of halogens is 2. The highest BCUT2D eigenvalue weighted by Crippen LogP contribution is 2.21. The molecule has 0 heterocycles. The van der Waals surface area contributed by atoms with E-state index in [0.29, 0.717) is 6.07 Å². The van der Waals surface area contributed by atoms with E-state index in [1.807, 2.05) is 13.8 Å². The first-order valence-corrected chi connectivity index (χ1v) is 5.85. The van der Waals surface area contributed by atoms with Gasteiger partial charge in [0.2, 0.25) is 5.82 Å². The molecule has 0 aliphatic carbocycles. The van der Waals surface area contributed by atoms with Gasteiger partial charge in [0.05, 0.1) is 4.92 Å². The first-order chi connectivity index (χ1) is 8.49. The Morgan fingerprint density at radius 3 is 2.39 bits per heavy atom. The molecule has 0 bridgehead atoms. The molecule has 100 valence electrons. The first-order valence-electron chi connectivity index (χ1n) is 5.85. The first kappa shape index (κ1) is 14.5. The number of hydrogen-bond donors (Lipinski definition) is 1. The zero-order valence-corrected chi connectivity index (χ0v) is 10.4. The molecule has 4 nitrogen and oxygen atoms in total. The molecule has 0 atom stereocenters. The van der Waals surface area contributed by atoms with Crippen LogP contribution in [0.15, 0.2) is 12.1 Å². The Morgan fingerprint density at radius 2 is 1.89 bits per heavy atom. The Kier molecular flexibility index (Phi) is 5.15. The Balaban J connectivity index is 2.88. The smallest absolute Gasteiger partial charge is 0.305 e. The molecule has 0 saturated carbocycles. The molecule has 1 N–H and O–H groups in total. The molecule has 6 heteroatoms. The van der Waals surface area contributed by atoms with Crippen molar-refractivity contribution < 1.29 is 13.7 Å². The molecular weight excluding hydrogens is 242 g/mol. The molecule has 0 aromatic heterocycles. The van der Waals surface area contributed by atoms with Crippen LogP contribution in [0.25, 0.3) is 0 Å². The van der Waals surface area contributed by atoms with Gasteiger partial charge in [-0.05, 0) is 12.8 Å². The number of rotatable bonds is 6. The van der Waals surface area contributed by atoms with Crippen LogP contribution in [0.3, 0.4) is 0 Å². The number of nitro groups is 1. The second kappa shape index (κ2) is 6.39. The normalized spacial score (nSPS) is 10.9. The van der Waals surface area contributed by atoms with Crippen LogP contribution in [0.2, 0.25) is 0 Å². The monoisotopic (exact) mass is 258 g/mol. The average molecular weight is 258 g/mol. The van der Waals surface area contributed by atoms with Crippen molar-refractivity contribution in [1.82, 2.24) is 5.32 Å². The molecule has 0 aliphatic heterocycles. The van der Waals surface area contributed by atoms with Gasteiger partial charge in [-0.25, -0.2) is 4.39 Å². The summed E-state index contributed by atoms with van der Waals surface area (Å²) in [6, 6.07) is 1.72. The summed E-state index contributed by atoms with van der Waals surface area (Å²) in [4.78, 5) is 9.71. The van der Waals surface area contributed by atoms with Gasteiger partial charge in [0, 0.05) is 30.3 Å². The Hall–Kier alpha value is -1.56. The van der Waals surface area contributed by atoms with Gasteiger partial charge < -0.3 is 5.32 Å². The fourth-order valence-electron chi connectivity index (χ4n) is 1.69. The maximum absolute atomic E-state index is 13.4. The van der Waals surface area contributed by atoms with Crippen LogP contribution in [0, 0.1) is 21.7 Å². The lowest BCUT2D eigenvalue weighted by atomic mass is 10.1. The Morgan fingerprint density at radius 1 is 1.28 bits per heavy atom. The summed E-state index contributed by atoms with van der Waals surface area (Å²) in [5.74, 6) is -1.92. The van der Waals surface area contributed by atoms with Crippen molar-refractivity contribution in [2.75, 3.05) is 0 Å². The van der Waals surface area contributed by atoms with Crippen molar-refractivity contribution in [3.63, 3.8) is 0 Å². The van der Waals surface area contributed by atoms with Crippen LogP contribution in [-0.4, -0.2) is 11.0 Å². The quantitative estimate of drug-likeness (QED) is 0.630. The van der Waals surface area contributed by atoms with Gasteiger partial charge in [0.1, 0.15) is 5.82 Å². The van der Waals surface area contributed by atoms with Gasteiger partial charge in [0.15, 0.2) is 0 Å².